The van der Waals surface area contributed by atoms with Crippen LogP contribution >= 0.6 is 0 Å². The van der Waals surface area contributed by atoms with Crippen LogP contribution in [0.5, 0.6) is 5.75 Å². The van der Waals surface area contributed by atoms with Gasteiger partial charge < -0.3 is 9.47 Å². The van der Waals surface area contributed by atoms with Crippen LogP contribution in [0.3, 0.4) is 0 Å². The van der Waals surface area contributed by atoms with E-state index in [4.69, 9.17) is 9.47 Å². The highest BCUT2D eigenvalue weighted by atomic mass is 16.6. The third-order valence-electron chi connectivity index (χ3n) is 3.27. The monoisotopic (exact) mass is 231 g/mol. The molecule has 1 saturated heterocycles. The number of carbonyl (C=O) groups excluding carboxylic acids is 1. The van der Waals surface area contributed by atoms with E-state index >= 15 is 0 Å². The molecular weight excluding hydrogens is 218 g/mol. The summed E-state index contributed by atoms with van der Waals surface area (Å²) in [5.74, 6) is 0.817. The first-order valence-corrected chi connectivity index (χ1v) is 5.77. The molecule has 0 bridgehead atoms. The van der Waals surface area contributed by atoms with E-state index in [1.807, 2.05) is 24.3 Å². The van der Waals surface area contributed by atoms with E-state index < -0.39 is 0 Å². The number of nitrogens with zero attached hydrogens (tertiary/aromatic N) is 1. The van der Waals surface area contributed by atoms with Crippen molar-refractivity contribution in [1.82, 2.24) is 0 Å². The number of ether oxygens (including phenoxy) is 2. The Labute approximate surface area is 99.3 Å². The van der Waals surface area contributed by atoms with Gasteiger partial charge in [0.25, 0.3) is 0 Å². The first-order chi connectivity index (χ1) is 8.34. The van der Waals surface area contributed by atoms with Crippen molar-refractivity contribution in [3.05, 3.63) is 29.8 Å². The van der Waals surface area contributed by atoms with Crippen molar-refractivity contribution in [2.75, 3.05) is 13.2 Å². The van der Waals surface area contributed by atoms with Crippen LogP contribution in [-0.2, 0) is 15.1 Å². The minimum atomic E-state index is -0.372. The number of hydrogen-bond acceptors (Lipinski definition) is 4. The van der Waals surface area contributed by atoms with Gasteiger partial charge >= 0.3 is 0 Å². The van der Waals surface area contributed by atoms with Crippen molar-refractivity contribution in [2.45, 2.75) is 24.5 Å². The Bertz CT molecular complexity index is 471. The summed E-state index contributed by atoms with van der Waals surface area (Å²) in [7, 11) is 0. The molecule has 2 fully saturated rings. The molecule has 4 heteroatoms. The van der Waals surface area contributed by atoms with Crippen LogP contribution in [0.15, 0.2) is 29.3 Å². The molecule has 1 aliphatic carbocycles. The predicted molar refractivity (Wildman–Crippen MR) is 60.7 cm³/mol. The minimum Gasteiger partial charge on any atom is -0.485 e. The van der Waals surface area contributed by atoms with Gasteiger partial charge in [-0.25, -0.2) is 4.79 Å². The standard InChI is InChI=1S/C13H13NO3/c15-9-14-13(5-6-13)11-3-1-2-4-12(11)17-10-7-16-8-10/h1-4,10H,5-8H2. The maximum absolute atomic E-state index is 10.5. The van der Waals surface area contributed by atoms with E-state index in [0.29, 0.717) is 13.2 Å². The van der Waals surface area contributed by atoms with Crippen LogP contribution < -0.4 is 4.74 Å². The van der Waals surface area contributed by atoms with Gasteiger partial charge in [0.15, 0.2) is 0 Å². The summed E-state index contributed by atoms with van der Waals surface area (Å²) in [6.07, 6.45) is 3.59. The summed E-state index contributed by atoms with van der Waals surface area (Å²) in [5, 5.41) is 0. The van der Waals surface area contributed by atoms with Gasteiger partial charge in [0.1, 0.15) is 17.4 Å². The lowest BCUT2D eigenvalue weighted by Gasteiger charge is -2.28. The summed E-state index contributed by atoms with van der Waals surface area (Å²) >= 11 is 0. The molecule has 2 aliphatic rings. The molecular formula is C13H13NO3. The Hall–Kier alpha value is -1.64. The maximum atomic E-state index is 10.5. The zero-order valence-electron chi connectivity index (χ0n) is 9.39. The van der Waals surface area contributed by atoms with Gasteiger partial charge in [-0.1, -0.05) is 18.2 Å². The number of rotatable bonds is 4. The van der Waals surface area contributed by atoms with Gasteiger partial charge in [0.05, 0.1) is 13.2 Å². The van der Waals surface area contributed by atoms with Crippen LogP contribution in [0.1, 0.15) is 18.4 Å². The molecule has 0 unspecified atom stereocenters. The Morgan fingerprint density at radius 1 is 1.35 bits per heavy atom. The van der Waals surface area contributed by atoms with E-state index in [-0.39, 0.29) is 11.6 Å². The second-order valence-electron chi connectivity index (χ2n) is 4.51. The smallest absolute Gasteiger partial charge is 0.235 e. The number of hydrogen-bond donors (Lipinski definition) is 0. The fraction of sp³-hybridized carbons (Fsp3) is 0.462. The van der Waals surface area contributed by atoms with E-state index in [2.05, 4.69) is 4.99 Å². The van der Waals surface area contributed by atoms with Crippen LogP contribution in [0, 0.1) is 0 Å². The number of isocyanates is 1. The predicted octanol–water partition coefficient (Wildman–Crippen LogP) is 1.79. The molecule has 0 radical (unpaired) electrons. The van der Waals surface area contributed by atoms with Gasteiger partial charge in [-0.05, 0) is 18.9 Å². The van der Waals surface area contributed by atoms with E-state index in [0.717, 1.165) is 24.2 Å². The lowest BCUT2D eigenvalue weighted by Crippen LogP contribution is -2.38. The second kappa shape index (κ2) is 3.99. The van der Waals surface area contributed by atoms with Gasteiger partial charge in [0.2, 0.25) is 6.08 Å². The van der Waals surface area contributed by atoms with Crippen LogP contribution in [0.25, 0.3) is 0 Å². The Morgan fingerprint density at radius 3 is 2.71 bits per heavy atom. The Balaban J connectivity index is 1.90. The molecule has 0 aromatic heterocycles. The van der Waals surface area contributed by atoms with Gasteiger partial charge in [-0.2, -0.15) is 4.99 Å². The average molecular weight is 231 g/mol. The molecule has 1 aromatic carbocycles. The van der Waals surface area contributed by atoms with Crippen molar-refractivity contribution in [3.63, 3.8) is 0 Å². The average Bonchev–Trinajstić information content (AvgIpc) is 3.06. The van der Waals surface area contributed by atoms with Gasteiger partial charge in [0, 0.05) is 5.56 Å². The summed E-state index contributed by atoms with van der Waals surface area (Å²) in [4.78, 5) is 14.4. The van der Waals surface area contributed by atoms with Crippen molar-refractivity contribution in [2.24, 2.45) is 4.99 Å². The van der Waals surface area contributed by atoms with E-state index in [1.165, 1.54) is 0 Å². The number of aliphatic imine (C=N–C) groups is 1. The zero-order chi connectivity index (χ0) is 11.7. The highest BCUT2D eigenvalue weighted by molar-refractivity contribution is 5.47. The molecule has 1 saturated carbocycles. The first-order valence-electron chi connectivity index (χ1n) is 5.77. The van der Waals surface area contributed by atoms with Crippen LogP contribution in [0.2, 0.25) is 0 Å². The molecule has 4 nitrogen and oxygen atoms in total. The summed E-state index contributed by atoms with van der Waals surface area (Å²) in [6, 6.07) is 7.77. The van der Waals surface area contributed by atoms with Crippen molar-refractivity contribution >= 4 is 6.08 Å². The topological polar surface area (TPSA) is 47.9 Å². The van der Waals surface area contributed by atoms with Crippen molar-refractivity contribution < 1.29 is 14.3 Å². The maximum Gasteiger partial charge on any atom is 0.235 e. The molecule has 0 amide bonds. The quantitative estimate of drug-likeness (QED) is 0.586. The van der Waals surface area contributed by atoms with E-state index in [1.54, 1.807) is 6.08 Å². The van der Waals surface area contributed by atoms with Gasteiger partial charge in [-0.3, -0.25) is 0 Å². The number of para-hydroxylation sites is 1. The fourth-order valence-corrected chi connectivity index (χ4v) is 2.06. The van der Waals surface area contributed by atoms with Crippen molar-refractivity contribution in [3.8, 4) is 5.75 Å². The minimum absolute atomic E-state index is 0.132. The largest absolute Gasteiger partial charge is 0.485 e. The molecule has 0 N–H and O–H groups in total. The molecule has 88 valence electrons. The fourth-order valence-electron chi connectivity index (χ4n) is 2.06. The first kappa shape index (κ1) is 10.5. The number of benzene rings is 1. The van der Waals surface area contributed by atoms with Crippen LogP contribution in [0.4, 0.5) is 0 Å². The molecule has 0 spiro atoms. The molecule has 3 rings (SSSR count). The lowest BCUT2D eigenvalue weighted by atomic mass is 10.0. The molecule has 1 heterocycles. The van der Waals surface area contributed by atoms with Gasteiger partial charge in [-0.15, -0.1) is 0 Å². The Kier molecular flexibility index (Phi) is 2.46. The SMILES string of the molecule is O=C=NC1(c2ccccc2OC2COC2)CC1. The second-order valence-corrected chi connectivity index (χ2v) is 4.51. The van der Waals surface area contributed by atoms with Crippen LogP contribution in [-0.4, -0.2) is 25.4 Å². The Morgan fingerprint density at radius 2 is 2.12 bits per heavy atom. The summed E-state index contributed by atoms with van der Waals surface area (Å²) in [6.45, 7) is 1.27. The normalized spacial score (nSPS) is 21.2. The lowest BCUT2D eigenvalue weighted by molar-refractivity contribution is -0.0801. The molecule has 0 atom stereocenters. The highest BCUT2D eigenvalue weighted by Gasteiger charge is 2.47. The molecule has 1 aliphatic heterocycles. The molecule has 1 aromatic rings. The summed E-state index contributed by atoms with van der Waals surface area (Å²) in [5.41, 5.74) is 0.624. The van der Waals surface area contributed by atoms with E-state index in [9.17, 15) is 4.79 Å². The summed E-state index contributed by atoms with van der Waals surface area (Å²) < 4.78 is 10.9. The highest BCUT2D eigenvalue weighted by Crippen LogP contribution is 2.52. The third kappa shape index (κ3) is 1.86. The molecule has 17 heavy (non-hydrogen) atoms. The third-order valence-corrected chi connectivity index (χ3v) is 3.27. The van der Waals surface area contributed by atoms with Crippen molar-refractivity contribution in [1.29, 1.82) is 0 Å². The zero-order valence-corrected chi connectivity index (χ0v) is 9.39.